The van der Waals surface area contributed by atoms with Gasteiger partial charge in [-0.15, -0.1) is 0 Å². The molecule has 162 valence electrons. The maximum Gasteiger partial charge on any atom is 0.126 e. The molecule has 2 atom stereocenters. The molecule has 2 unspecified atom stereocenters. The summed E-state index contributed by atoms with van der Waals surface area (Å²) in [4.78, 5) is 0. The molecular formula is C28H25F2NO. The maximum absolute atomic E-state index is 13.9. The lowest BCUT2D eigenvalue weighted by molar-refractivity contribution is 0.400. The van der Waals surface area contributed by atoms with Crippen molar-refractivity contribution in [2.24, 2.45) is 0 Å². The van der Waals surface area contributed by atoms with Crippen molar-refractivity contribution in [2.75, 3.05) is 13.1 Å². The number of rotatable bonds is 3. The fraction of sp³-hybridized carbons (Fsp3) is 0.214. The molecule has 0 amide bonds. The van der Waals surface area contributed by atoms with Crippen LogP contribution in [0.5, 0.6) is 5.75 Å². The minimum Gasteiger partial charge on any atom is -0.508 e. The summed E-state index contributed by atoms with van der Waals surface area (Å²) in [7, 11) is 0. The molecule has 5 rings (SSSR count). The number of phenols is 1. The molecule has 2 nitrogen and oxygen atoms in total. The smallest absolute Gasteiger partial charge is 0.126 e. The van der Waals surface area contributed by atoms with E-state index in [-0.39, 0.29) is 17.6 Å². The maximum atomic E-state index is 13.9. The summed E-state index contributed by atoms with van der Waals surface area (Å²) in [5.41, 5.74) is 5.22. The summed E-state index contributed by atoms with van der Waals surface area (Å²) in [6, 6.07) is 21.9. The second-order valence-electron chi connectivity index (χ2n) is 8.69. The van der Waals surface area contributed by atoms with Gasteiger partial charge in [-0.25, -0.2) is 8.78 Å². The first-order valence-corrected chi connectivity index (χ1v) is 11.0. The van der Waals surface area contributed by atoms with Crippen LogP contribution >= 0.6 is 0 Å². The van der Waals surface area contributed by atoms with E-state index in [0.717, 1.165) is 58.6 Å². The van der Waals surface area contributed by atoms with E-state index in [1.165, 1.54) is 17.7 Å². The summed E-state index contributed by atoms with van der Waals surface area (Å²) in [5, 5.41) is 15.5. The monoisotopic (exact) mass is 429 g/mol. The Morgan fingerprint density at radius 3 is 2.47 bits per heavy atom. The normalized spacial score (nSPS) is 18.7. The Bertz CT molecular complexity index is 1280. The Labute approximate surface area is 186 Å². The van der Waals surface area contributed by atoms with Crippen LogP contribution in [0.25, 0.3) is 21.9 Å². The number of phenolic OH excluding ortho intramolecular Hbond substituents is 1. The molecular weight excluding hydrogens is 404 g/mol. The molecule has 4 aromatic carbocycles. The van der Waals surface area contributed by atoms with E-state index in [9.17, 15) is 13.9 Å². The first-order valence-electron chi connectivity index (χ1n) is 11.0. The van der Waals surface area contributed by atoms with Crippen LogP contribution in [-0.2, 0) is 0 Å². The Kier molecular flexibility index (Phi) is 5.40. The van der Waals surface area contributed by atoms with Crippen molar-refractivity contribution in [2.45, 2.75) is 25.2 Å². The predicted molar refractivity (Wildman–Crippen MR) is 125 cm³/mol. The quantitative estimate of drug-likeness (QED) is 0.382. The standard InChI is InChI=1S/C28H25F2NO/c1-17-11-19(25-4-2-3-18-5-7-23(32)15-27(18)25)6-8-24(17)28-16-31-10-9-26(28)20-12-21(29)14-22(30)13-20/h2-8,11-15,26,28,31-32H,9-10,16H2,1H3. The molecule has 0 spiro atoms. The summed E-state index contributed by atoms with van der Waals surface area (Å²) in [6.45, 7) is 3.69. The topological polar surface area (TPSA) is 32.3 Å². The fourth-order valence-electron chi connectivity index (χ4n) is 5.15. The molecule has 32 heavy (non-hydrogen) atoms. The van der Waals surface area contributed by atoms with Gasteiger partial charge in [0.1, 0.15) is 17.4 Å². The van der Waals surface area contributed by atoms with Crippen molar-refractivity contribution in [3.63, 3.8) is 0 Å². The van der Waals surface area contributed by atoms with E-state index in [4.69, 9.17) is 0 Å². The summed E-state index contributed by atoms with van der Waals surface area (Å²) < 4.78 is 27.8. The lowest BCUT2D eigenvalue weighted by atomic mass is 9.76. The van der Waals surface area contributed by atoms with Gasteiger partial charge < -0.3 is 10.4 Å². The van der Waals surface area contributed by atoms with Crippen molar-refractivity contribution in [1.82, 2.24) is 5.32 Å². The Hall–Kier alpha value is -3.24. The van der Waals surface area contributed by atoms with E-state index in [2.05, 4.69) is 36.5 Å². The number of hydrogen-bond acceptors (Lipinski definition) is 2. The fourth-order valence-corrected chi connectivity index (χ4v) is 5.15. The lowest BCUT2D eigenvalue weighted by Gasteiger charge is -2.34. The number of nitrogens with one attached hydrogen (secondary N) is 1. The van der Waals surface area contributed by atoms with Crippen LogP contribution in [-0.4, -0.2) is 18.2 Å². The third-order valence-electron chi connectivity index (χ3n) is 6.64. The van der Waals surface area contributed by atoms with Crippen molar-refractivity contribution in [3.05, 3.63) is 101 Å². The van der Waals surface area contributed by atoms with Gasteiger partial charge in [0.15, 0.2) is 0 Å². The number of fused-ring (bicyclic) bond motifs is 1. The third-order valence-corrected chi connectivity index (χ3v) is 6.64. The molecule has 2 N–H and O–H groups in total. The zero-order valence-corrected chi connectivity index (χ0v) is 17.9. The van der Waals surface area contributed by atoms with Crippen LogP contribution in [0.2, 0.25) is 0 Å². The zero-order chi connectivity index (χ0) is 22.2. The van der Waals surface area contributed by atoms with Crippen molar-refractivity contribution >= 4 is 10.8 Å². The Balaban J connectivity index is 1.55. The van der Waals surface area contributed by atoms with Crippen LogP contribution in [0, 0.1) is 18.6 Å². The van der Waals surface area contributed by atoms with Gasteiger partial charge in [-0.3, -0.25) is 0 Å². The van der Waals surface area contributed by atoms with Gasteiger partial charge in [0.2, 0.25) is 0 Å². The molecule has 0 aliphatic carbocycles. The van der Waals surface area contributed by atoms with Crippen molar-refractivity contribution in [1.29, 1.82) is 0 Å². The van der Waals surface area contributed by atoms with E-state index in [0.29, 0.717) is 0 Å². The van der Waals surface area contributed by atoms with E-state index in [1.54, 1.807) is 12.1 Å². The first kappa shape index (κ1) is 20.7. The highest BCUT2D eigenvalue weighted by atomic mass is 19.1. The Morgan fingerprint density at radius 1 is 0.875 bits per heavy atom. The van der Waals surface area contributed by atoms with E-state index >= 15 is 0 Å². The Morgan fingerprint density at radius 2 is 1.69 bits per heavy atom. The van der Waals surface area contributed by atoms with Crippen molar-refractivity contribution < 1.29 is 13.9 Å². The van der Waals surface area contributed by atoms with Gasteiger partial charge in [-0.1, -0.05) is 42.5 Å². The van der Waals surface area contributed by atoms with Gasteiger partial charge in [-0.2, -0.15) is 0 Å². The molecule has 0 aromatic heterocycles. The average molecular weight is 430 g/mol. The zero-order valence-electron chi connectivity index (χ0n) is 17.9. The molecule has 1 aliphatic rings. The summed E-state index contributed by atoms with van der Waals surface area (Å²) >= 11 is 0. The molecule has 1 heterocycles. The number of benzene rings is 4. The molecule has 1 saturated heterocycles. The molecule has 0 saturated carbocycles. The molecule has 0 bridgehead atoms. The van der Waals surface area contributed by atoms with Gasteiger partial charge in [-0.05, 0) is 88.7 Å². The van der Waals surface area contributed by atoms with Gasteiger partial charge in [0.25, 0.3) is 0 Å². The lowest BCUT2D eigenvalue weighted by Crippen LogP contribution is -2.34. The summed E-state index contributed by atoms with van der Waals surface area (Å²) in [6.07, 6.45) is 0.831. The molecule has 0 radical (unpaired) electrons. The minimum atomic E-state index is -0.524. The molecule has 4 aromatic rings. The number of hydrogen-bond donors (Lipinski definition) is 2. The number of piperidine rings is 1. The number of aryl methyl sites for hydroxylation is 1. The van der Waals surface area contributed by atoms with Crippen LogP contribution < -0.4 is 5.32 Å². The largest absolute Gasteiger partial charge is 0.508 e. The van der Waals surface area contributed by atoms with Gasteiger partial charge in [0, 0.05) is 18.5 Å². The minimum absolute atomic E-state index is 0.0560. The van der Waals surface area contributed by atoms with Crippen LogP contribution in [0.3, 0.4) is 0 Å². The van der Waals surface area contributed by atoms with Crippen LogP contribution in [0.1, 0.15) is 34.9 Å². The highest BCUT2D eigenvalue weighted by Gasteiger charge is 2.29. The highest BCUT2D eigenvalue weighted by molar-refractivity contribution is 5.97. The molecule has 4 heteroatoms. The first-order chi connectivity index (χ1) is 15.5. The number of aromatic hydroxyl groups is 1. The van der Waals surface area contributed by atoms with E-state index in [1.807, 2.05) is 18.2 Å². The molecule has 1 aliphatic heterocycles. The van der Waals surface area contributed by atoms with Gasteiger partial charge in [0.05, 0.1) is 0 Å². The van der Waals surface area contributed by atoms with Crippen LogP contribution in [0.4, 0.5) is 8.78 Å². The predicted octanol–water partition coefficient (Wildman–Crippen LogP) is 6.66. The summed E-state index contributed by atoms with van der Waals surface area (Å²) in [5.74, 6) is -0.611. The number of halogens is 2. The van der Waals surface area contributed by atoms with Crippen LogP contribution in [0.15, 0.2) is 72.8 Å². The SMILES string of the molecule is Cc1cc(-c2cccc3ccc(O)cc23)ccc1C1CNCCC1c1cc(F)cc(F)c1. The van der Waals surface area contributed by atoms with E-state index < -0.39 is 11.6 Å². The second kappa shape index (κ2) is 8.36. The highest BCUT2D eigenvalue weighted by Crippen LogP contribution is 2.40. The van der Waals surface area contributed by atoms with Crippen molar-refractivity contribution in [3.8, 4) is 16.9 Å². The average Bonchev–Trinajstić information content (AvgIpc) is 2.78. The second-order valence-corrected chi connectivity index (χ2v) is 8.69. The molecule has 1 fully saturated rings. The third kappa shape index (κ3) is 3.87. The van der Waals surface area contributed by atoms with Gasteiger partial charge >= 0.3 is 0 Å².